The second-order valence-corrected chi connectivity index (χ2v) is 7.36. The molecule has 2 aromatic carbocycles. The first kappa shape index (κ1) is 17.5. The molecule has 0 bridgehead atoms. The number of benzene rings is 2. The molecular weight excluding hydrogens is 338 g/mol. The number of urea groups is 1. The van der Waals surface area contributed by atoms with Crippen LogP contribution in [0.1, 0.15) is 12.2 Å². The van der Waals surface area contributed by atoms with Crippen LogP contribution in [0.3, 0.4) is 0 Å². The van der Waals surface area contributed by atoms with E-state index in [1.54, 1.807) is 4.90 Å². The van der Waals surface area contributed by atoms with Crippen molar-refractivity contribution in [3.05, 3.63) is 60.4 Å². The molecule has 2 amide bonds. The molecule has 27 heavy (non-hydrogen) atoms. The largest absolute Gasteiger partial charge is 0.461 e. The normalized spacial score (nSPS) is 16.7. The lowest BCUT2D eigenvalue weighted by molar-refractivity contribution is 0.215. The Kier molecular flexibility index (Phi) is 4.75. The van der Waals surface area contributed by atoms with Crippen LogP contribution in [0.2, 0.25) is 0 Å². The summed E-state index contributed by atoms with van der Waals surface area (Å²) in [6.45, 7) is 4.71. The Morgan fingerprint density at radius 2 is 2.04 bits per heavy atom. The summed E-state index contributed by atoms with van der Waals surface area (Å²) < 4.78 is 5.58. The van der Waals surface area contributed by atoms with Crippen LogP contribution in [-0.2, 0) is 0 Å². The van der Waals surface area contributed by atoms with Gasteiger partial charge in [0, 0.05) is 43.4 Å². The van der Waals surface area contributed by atoms with Crippen molar-refractivity contribution in [1.82, 2.24) is 4.90 Å². The van der Waals surface area contributed by atoms with E-state index in [-0.39, 0.29) is 6.03 Å². The number of nitrogens with zero attached hydrogens (tertiary/aromatic N) is 2. The first-order valence-corrected chi connectivity index (χ1v) is 9.41. The summed E-state index contributed by atoms with van der Waals surface area (Å²) in [5.41, 5.74) is 2.89. The number of hydrogen-bond acceptors (Lipinski definition) is 3. The molecule has 1 fully saturated rings. The number of amides is 2. The van der Waals surface area contributed by atoms with E-state index in [4.69, 9.17) is 4.42 Å². The molecule has 0 unspecified atom stereocenters. The summed E-state index contributed by atoms with van der Waals surface area (Å²) >= 11 is 0. The van der Waals surface area contributed by atoms with Crippen LogP contribution in [0.5, 0.6) is 0 Å². The summed E-state index contributed by atoms with van der Waals surface area (Å²) in [4.78, 5) is 16.7. The fourth-order valence-corrected chi connectivity index (χ4v) is 3.80. The molecule has 1 aliphatic rings. The van der Waals surface area contributed by atoms with Gasteiger partial charge in [-0.25, -0.2) is 4.79 Å². The topological polar surface area (TPSA) is 48.7 Å². The Balaban J connectivity index is 1.33. The van der Waals surface area contributed by atoms with Gasteiger partial charge in [-0.05, 0) is 55.7 Å². The minimum absolute atomic E-state index is 0.0762. The number of carbonyl (C=O) groups excluding carboxylic acids is 1. The van der Waals surface area contributed by atoms with Gasteiger partial charge in [0.25, 0.3) is 0 Å². The van der Waals surface area contributed by atoms with E-state index in [9.17, 15) is 4.79 Å². The fourth-order valence-electron chi connectivity index (χ4n) is 3.80. The molecule has 4 rings (SSSR count). The average Bonchev–Trinajstić information content (AvgIpc) is 3.27. The van der Waals surface area contributed by atoms with Crippen molar-refractivity contribution < 1.29 is 9.21 Å². The lowest BCUT2D eigenvalue weighted by Crippen LogP contribution is -2.36. The van der Waals surface area contributed by atoms with E-state index in [2.05, 4.69) is 34.5 Å². The predicted molar refractivity (Wildman–Crippen MR) is 109 cm³/mol. The number of furan rings is 1. The van der Waals surface area contributed by atoms with Gasteiger partial charge in [-0.15, -0.1) is 0 Å². The first-order valence-electron chi connectivity index (χ1n) is 9.41. The van der Waals surface area contributed by atoms with E-state index >= 15 is 0 Å². The van der Waals surface area contributed by atoms with Crippen molar-refractivity contribution in [2.45, 2.75) is 13.3 Å². The van der Waals surface area contributed by atoms with Gasteiger partial charge < -0.3 is 19.5 Å². The molecule has 0 aliphatic carbocycles. The highest BCUT2D eigenvalue weighted by molar-refractivity contribution is 5.92. The monoisotopic (exact) mass is 363 g/mol. The molecule has 0 spiro atoms. The number of nitrogens with one attached hydrogen (secondary N) is 1. The third-order valence-electron chi connectivity index (χ3n) is 5.18. The van der Waals surface area contributed by atoms with Crippen molar-refractivity contribution in [1.29, 1.82) is 0 Å². The van der Waals surface area contributed by atoms with Crippen LogP contribution in [0.25, 0.3) is 11.0 Å². The van der Waals surface area contributed by atoms with Gasteiger partial charge >= 0.3 is 6.03 Å². The third kappa shape index (κ3) is 3.92. The van der Waals surface area contributed by atoms with Gasteiger partial charge in [-0.2, -0.15) is 0 Å². The van der Waals surface area contributed by atoms with E-state index in [1.807, 2.05) is 44.3 Å². The fraction of sp³-hybridized carbons (Fsp3) is 0.318. The number of rotatable bonds is 4. The van der Waals surface area contributed by atoms with Crippen LogP contribution >= 0.6 is 0 Å². The molecule has 1 atom stereocenters. The molecule has 1 aromatic heterocycles. The highest BCUT2D eigenvalue weighted by Gasteiger charge is 2.25. The van der Waals surface area contributed by atoms with Crippen molar-refractivity contribution in [2.24, 2.45) is 5.92 Å². The van der Waals surface area contributed by atoms with E-state index < -0.39 is 0 Å². The maximum absolute atomic E-state index is 12.6. The number of para-hydroxylation sites is 1. The van der Waals surface area contributed by atoms with Crippen molar-refractivity contribution in [3.8, 4) is 0 Å². The summed E-state index contributed by atoms with van der Waals surface area (Å²) in [7, 11) is 1.86. The molecule has 5 heteroatoms. The summed E-state index contributed by atoms with van der Waals surface area (Å²) in [6.07, 6.45) is 1.10. The third-order valence-corrected chi connectivity index (χ3v) is 5.18. The SMILES string of the molecule is Cc1cc2cc(NC(=O)N(C)C[C@H]3CCN(c4ccccc4)C3)ccc2o1. The molecule has 3 aromatic rings. The Hall–Kier alpha value is -2.95. The van der Waals surface area contributed by atoms with Crippen LogP contribution in [0, 0.1) is 12.8 Å². The van der Waals surface area contributed by atoms with Gasteiger partial charge in [0.05, 0.1) is 0 Å². The molecule has 5 nitrogen and oxygen atoms in total. The molecular formula is C22H25N3O2. The van der Waals surface area contributed by atoms with Crippen molar-refractivity contribution in [2.75, 3.05) is 36.9 Å². The number of aryl methyl sites for hydroxylation is 1. The van der Waals surface area contributed by atoms with Crippen molar-refractivity contribution >= 4 is 28.4 Å². The number of fused-ring (bicyclic) bond motifs is 1. The molecule has 0 saturated carbocycles. The van der Waals surface area contributed by atoms with Gasteiger partial charge in [-0.3, -0.25) is 0 Å². The maximum Gasteiger partial charge on any atom is 0.321 e. The molecule has 0 radical (unpaired) electrons. The number of anilines is 2. The molecule has 1 N–H and O–H groups in total. The minimum Gasteiger partial charge on any atom is -0.461 e. The van der Waals surface area contributed by atoms with Crippen LogP contribution < -0.4 is 10.2 Å². The van der Waals surface area contributed by atoms with Gasteiger partial charge in [0.15, 0.2) is 0 Å². The molecule has 1 saturated heterocycles. The molecule has 2 heterocycles. The second kappa shape index (κ2) is 7.35. The lowest BCUT2D eigenvalue weighted by Gasteiger charge is -2.23. The Morgan fingerprint density at radius 3 is 2.85 bits per heavy atom. The van der Waals surface area contributed by atoms with E-state index in [1.165, 1.54) is 5.69 Å². The summed E-state index contributed by atoms with van der Waals surface area (Å²) in [5.74, 6) is 1.36. The van der Waals surface area contributed by atoms with Crippen LogP contribution in [0.15, 0.2) is 59.0 Å². The highest BCUT2D eigenvalue weighted by atomic mass is 16.3. The predicted octanol–water partition coefficient (Wildman–Crippen LogP) is 4.73. The minimum atomic E-state index is -0.0762. The van der Waals surface area contributed by atoms with Crippen LogP contribution in [0.4, 0.5) is 16.2 Å². The van der Waals surface area contributed by atoms with Crippen molar-refractivity contribution in [3.63, 3.8) is 0 Å². The number of hydrogen-bond donors (Lipinski definition) is 1. The lowest BCUT2D eigenvalue weighted by atomic mass is 10.1. The molecule has 140 valence electrons. The molecule has 1 aliphatic heterocycles. The quantitative estimate of drug-likeness (QED) is 0.729. The summed E-state index contributed by atoms with van der Waals surface area (Å²) in [5, 5.41) is 3.99. The van der Waals surface area contributed by atoms with Gasteiger partial charge in [0.2, 0.25) is 0 Å². The van der Waals surface area contributed by atoms with Crippen LogP contribution in [-0.4, -0.2) is 37.6 Å². The number of carbonyl (C=O) groups is 1. The van der Waals surface area contributed by atoms with Gasteiger partial charge in [0.1, 0.15) is 11.3 Å². The van der Waals surface area contributed by atoms with E-state index in [0.717, 1.165) is 48.5 Å². The first-order chi connectivity index (χ1) is 13.1. The Morgan fingerprint density at radius 1 is 1.22 bits per heavy atom. The van der Waals surface area contributed by atoms with E-state index in [0.29, 0.717) is 5.92 Å². The Bertz CT molecular complexity index is 935. The average molecular weight is 363 g/mol. The zero-order chi connectivity index (χ0) is 18.8. The smallest absolute Gasteiger partial charge is 0.321 e. The highest BCUT2D eigenvalue weighted by Crippen LogP contribution is 2.25. The zero-order valence-corrected chi connectivity index (χ0v) is 15.8. The zero-order valence-electron chi connectivity index (χ0n) is 15.8. The maximum atomic E-state index is 12.6. The summed E-state index contributed by atoms with van der Waals surface area (Å²) in [6, 6.07) is 18.1. The Labute approximate surface area is 159 Å². The standard InChI is InChI=1S/C22H25N3O2/c1-16-12-18-13-19(8-9-21(18)27-16)23-22(26)24(2)14-17-10-11-25(15-17)20-6-4-3-5-7-20/h3-9,12-13,17H,10-11,14-15H2,1-2H3,(H,23,26)/t17-/m1/s1. The second-order valence-electron chi connectivity index (χ2n) is 7.36. The van der Waals surface area contributed by atoms with Gasteiger partial charge in [-0.1, -0.05) is 18.2 Å².